The molecule has 2 aromatic carbocycles. The molecule has 0 fully saturated rings. The van der Waals surface area contributed by atoms with Crippen LogP contribution in [0.5, 0.6) is 0 Å². The fraction of sp³-hybridized carbons (Fsp3) is 0.333. The van der Waals surface area contributed by atoms with Crippen molar-refractivity contribution in [3.05, 3.63) is 53.1 Å². The Labute approximate surface area is 114 Å². The number of anilines is 1. The maximum atomic E-state index is 3.47. The Morgan fingerprint density at radius 1 is 0.684 bits per heavy atom. The standard InChI is InChI=1S/C18H19N/c1-2-4-15-11-16(7-5-13(15)3-1)17-8-6-14-9-10-19-18(14)12-17/h5-8,11-12,19H,1-4,9-10H2. The van der Waals surface area contributed by atoms with E-state index in [2.05, 4.69) is 41.7 Å². The van der Waals surface area contributed by atoms with Gasteiger partial charge in [-0.15, -0.1) is 0 Å². The van der Waals surface area contributed by atoms with Crippen molar-refractivity contribution < 1.29 is 0 Å². The molecule has 4 rings (SSSR count). The molecular weight excluding hydrogens is 230 g/mol. The molecule has 0 saturated heterocycles. The molecule has 96 valence electrons. The summed E-state index contributed by atoms with van der Waals surface area (Å²) in [4.78, 5) is 0. The molecule has 0 saturated carbocycles. The molecule has 1 aliphatic carbocycles. The van der Waals surface area contributed by atoms with E-state index in [-0.39, 0.29) is 0 Å². The second-order valence-electron chi connectivity index (χ2n) is 5.74. The molecule has 0 bridgehead atoms. The van der Waals surface area contributed by atoms with Crippen LogP contribution in [0.25, 0.3) is 11.1 Å². The van der Waals surface area contributed by atoms with Crippen LogP contribution in [0.15, 0.2) is 36.4 Å². The SMILES string of the molecule is c1cc2c(cc1-c1ccc3c(c1)NCC3)CCCC2. The molecule has 0 unspecified atom stereocenters. The summed E-state index contributed by atoms with van der Waals surface area (Å²) < 4.78 is 0. The second kappa shape index (κ2) is 4.41. The third kappa shape index (κ3) is 1.94. The van der Waals surface area contributed by atoms with Gasteiger partial charge in [0.25, 0.3) is 0 Å². The monoisotopic (exact) mass is 249 g/mol. The molecule has 1 heteroatoms. The number of hydrogen-bond donors (Lipinski definition) is 1. The first-order valence-corrected chi connectivity index (χ1v) is 7.39. The smallest absolute Gasteiger partial charge is 0.0379 e. The van der Waals surface area contributed by atoms with E-state index in [1.54, 1.807) is 11.1 Å². The summed E-state index contributed by atoms with van der Waals surface area (Å²) in [5.41, 5.74) is 8.64. The maximum absolute atomic E-state index is 3.47. The van der Waals surface area contributed by atoms with Crippen LogP contribution in [0.1, 0.15) is 29.5 Å². The summed E-state index contributed by atoms with van der Waals surface area (Å²) >= 11 is 0. The Morgan fingerprint density at radius 3 is 2.32 bits per heavy atom. The van der Waals surface area contributed by atoms with Gasteiger partial charge in [0.15, 0.2) is 0 Å². The molecular formula is C18H19N. The van der Waals surface area contributed by atoms with Crippen molar-refractivity contribution in [2.45, 2.75) is 32.1 Å². The van der Waals surface area contributed by atoms with Crippen molar-refractivity contribution in [2.24, 2.45) is 0 Å². The number of nitrogens with one attached hydrogen (secondary N) is 1. The quantitative estimate of drug-likeness (QED) is 0.798. The number of rotatable bonds is 1. The van der Waals surface area contributed by atoms with E-state index in [9.17, 15) is 0 Å². The Bertz CT molecular complexity index is 628. The molecule has 2 aromatic rings. The Kier molecular flexibility index (Phi) is 2.58. The van der Waals surface area contributed by atoms with E-state index in [4.69, 9.17) is 0 Å². The average Bonchev–Trinajstić information content (AvgIpc) is 2.94. The van der Waals surface area contributed by atoms with Crippen molar-refractivity contribution in [1.82, 2.24) is 0 Å². The molecule has 2 aliphatic rings. The number of fused-ring (bicyclic) bond motifs is 2. The van der Waals surface area contributed by atoms with Crippen LogP contribution < -0.4 is 5.32 Å². The first-order valence-electron chi connectivity index (χ1n) is 7.39. The molecule has 0 spiro atoms. The van der Waals surface area contributed by atoms with E-state index < -0.39 is 0 Å². The highest BCUT2D eigenvalue weighted by Crippen LogP contribution is 2.31. The molecule has 0 atom stereocenters. The first-order chi connectivity index (χ1) is 9.40. The topological polar surface area (TPSA) is 12.0 Å². The van der Waals surface area contributed by atoms with E-state index in [1.165, 1.54) is 54.5 Å². The van der Waals surface area contributed by atoms with Crippen molar-refractivity contribution in [1.29, 1.82) is 0 Å². The highest BCUT2D eigenvalue weighted by Gasteiger charge is 2.13. The van der Waals surface area contributed by atoms with E-state index in [0.29, 0.717) is 0 Å². The van der Waals surface area contributed by atoms with Crippen LogP contribution in [0.2, 0.25) is 0 Å². The minimum absolute atomic E-state index is 1.09. The average molecular weight is 249 g/mol. The van der Waals surface area contributed by atoms with Gasteiger partial charge >= 0.3 is 0 Å². The van der Waals surface area contributed by atoms with Gasteiger partial charge in [0, 0.05) is 12.2 Å². The van der Waals surface area contributed by atoms with Gasteiger partial charge in [0.2, 0.25) is 0 Å². The minimum atomic E-state index is 1.09. The Hall–Kier alpha value is -1.76. The van der Waals surface area contributed by atoms with Crippen molar-refractivity contribution in [2.75, 3.05) is 11.9 Å². The number of benzene rings is 2. The zero-order valence-electron chi connectivity index (χ0n) is 11.2. The van der Waals surface area contributed by atoms with Crippen molar-refractivity contribution >= 4 is 5.69 Å². The zero-order valence-corrected chi connectivity index (χ0v) is 11.2. The zero-order chi connectivity index (χ0) is 12.7. The molecule has 0 radical (unpaired) electrons. The predicted octanol–water partition coefficient (Wildman–Crippen LogP) is 4.20. The van der Waals surface area contributed by atoms with Crippen LogP contribution >= 0.6 is 0 Å². The largest absolute Gasteiger partial charge is 0.384 e. The molecule has 0 amide bonds. The van der Waals surface area contributed by atoms with Crippen LogP contribution in [0.4, 0.5) is 5.69 Å². The normalized spacial score (nSPS) is 16.6. The van der Waals surface area contributed by atoms with E-state index in [1.807, 2.05) is 0 Å². The van der Waals surface area contributed by atoms with Gasteiger partial charge in [-0.1, -0.05) is 30.3 Å². The Morgan fingerprint density at radius 2 is 1.42 bits per heavy atom. The molecule has 1 N–H and O–H groups in total. The lowest BCUT2D eigenvalue weighted by Gasteiger charge is -2.17. The molecule has 1 nitrogen and oxygen atoms in total. The first kappa shape index (κ1) is 11.1. The van der Waals surface area contributed by atoms with E-state index in [0.717, 1.165) is 6.54 Å². The van der Waals surface area contributed by atoms with Gasteiger partial charge in [0.05, 0.1) is 0 Å². The van der Waals surface area contributed by atoms with Crippen LogP contribution in [0.3, 0.4) is 0 Å². The highest BCUT2D eigenvalue weighted by atomic mass is 14.9. The van der Waals surface area contributed by atoms with Crippen LogP contribution in [-0.4, -0.2) is 6.54 Å². The third-order valence-corrected chi connectivity index (χ3v) is 4.50. The molecule has 19 heavy (non-hydrogen) atoms. The van der Waals surface area contributed by atoms with Gasteiger partial charge in [-0.05, 0) is 66.0 Å². The maximum Gasteiger partial charge on any atom is 0.0379 e. The van der Waals surface area contributed by atoms with E-state index >= 15 is 0 Å². The minimum Gasteiger partial charge on any atom is -0.384 e. The van der Waals surface area contributed by atoms with Crippen LogP contribution in [-0.2, 0) is 19.3 Å². The van der Waals surface area contributed by atoms with Gasteiger partial charge in [0.1, 0.15) is 0 Å². The Balaban J connectivity index is 1.76. The van der Waals surface area contributed by atoms with Crippen molar-refractivity contribution in [3.63, 3.8) is 0 Å². The van der Waals surface area contributed by atoms with Gasteiger partial charge in [-0.2, -0.15) is 0 Å². The summed E-state index contributed by atoms with van der Waals surface area (Å²) in [5.74, 6) is 0. The van der Waals surface area contributed by atoms with Gasteiger partial charge in [-0.25, -0.2) is 0 Å². The predicted molar refractivity (Wildman–Crippen MR) is 80.7 cm³/mol. The van der Waals surface area contributed by atoms with Crippen molar-refractivity contribution in [3.8, 4) is 11.1 Å². The summed E-state index contributed by atoms with van der Waals surface area (Å²) in [5, 5.41) is 3.47. The lowest BCUT2D eigenvalue weighted by Crippen LogP contribution is -2.02. The van der Waals surface area contributed by atoms with Gasteiger partial charge in [-0.3, -0.25) is 0 Å². The summed E-state index contributed by atoms with van der Waals surface area (Å²) in [7, 11) is 0. The fourth-order valence-corrected chi connectivity index (χ4v) is 3.38. The van der Waals surface area contributed by atoms with Gasteiger partial charge < -0.3 is 5.32 Å². The third-order valence-electron chi connectivity index (χ3n) is 4.50. The fourth-order valence-electron chi connectivity index (χ4n) is 3.38. The molecule has 1 aliphatic heterocycles. The molecule has 1 heterocycles. The summed E-state index contributed by atoms with van der Waals surface area (Å²) in [6, 6.07) is 13.9. The lowest BCUT2D eigenvalue weighted by molar-refractivity contribution is 0.686. The summed E-state index contributed by atoms with van der Waals surface area (Å²) in [6.07, 6.45) is 6.39. The number of hydrogen-bond acceptors (Lipinski definition) is 1. The highest BCUT2D eigenvalue weighted by molar-refractivity contribution is 5.72. The summed E-state index contributed by atoms with van der Waals surface area (Å²) in [6.45, 7) is 1.09. The number of aryl methyl sites for hydroxylation is 2. The second-order valence-corrected chi connectivity index (χ2v) is 5.74. The van der Waals surface area contributed by atoms with Crippen LogP contribution in [0, 0.1) is 0 Å². The molecule has 0 aromatic heterocycles. The lowest BCUT2D eigenvalue weighted by atomic mass is 9.89.